The maximum absolute atomic E-state index is 9.35. The smallest absolute Gasteiger partial charge is 0.115 e. The Hall–Kier alpha value is -0.940. The normalized spacial score (nSPS) is 13.4. The Labute approximate surface area is 64.6 Å². The second kappa shape index (κ2) is 3.45. The molecule has 0 fully saturated rings. The third-order valence-corrected chi connectivity index (χ3v) is 1.55. The molecular weight excluding hydrogens is 144 g/mol. The van der Waals surface area contributed by atoms with Crippen LogP contribution in [0.4, 0.5) is 0 Å². The summed E-state index contributed by atoms with van der Waals surface area (Å²) in [6.07, 6.45) is 0.0757. The van der Waals surface area contributed by atoms with E-state index in [0.29, 0.717) is 24.4 Å². The van der Waals surface area contributed by atoms with Crippen LogP contribution in [-0.2, 0) is 6.54 Å². The van der Waals surface area contributed by atoms with Gasteiger partial charge < -0.3 is 10.8 Å². The Morgan fingerprint density at radius 3 is 2.91 bits per heavy atom. The first-order valence-electron chi connectivity index (χ1n) is 3.57. The molecule has 0 aliphatic heterocycles. The molecule has 0 amide bonds. The minimum absolute atomic E-state index is 0.308. The topological polar surface area (TPSA) is 87.8 Å². The second-order valence-corrected chi connectivity index (χ2v) is 2.28. The van der Waals surface area contributed by atoms with E-state index in [1.54, 1.807) is 0 Å². The molecule has 0 spiro atoms. The van der Waals surface area contributed by atoms with Gasteiger partial charge in [-0.1, -0.05) is 6.92 Å². The van der Waals surface area contributed by atoms with Gasteiger partial charge in [-0.15, -0.1) is 0 Å². The van der Waals surface area contributed by atoms with Crippen molar-refractivity contribution in [2.75, 3.05) is 0 Å². The van der Waals surface area contributed by atoms with Crippen LogP contribution in [0.5, 0.6) is 0 Å². The van der Waals surface area contributed by atoms with Crippen LogP contribution in [0.1, 0.15) is 30.8 Å². The van der Waals surface area contributed by atoms with E-state index in [9.17, 15) is 5.11 Å². The molecule has 0 aromatic carbocycles. The lowest BCUT2D eigenvalue weighted by Crippen LogP contribution is -2.05. The molecule has 5 heteroatoms. The standard InChI is InChI=1S/C6H12N4O/c1-2-5(11)6-4(3-7)8-10-9-6/h5,11H,2-3,7H2,1H3,(H,8,9,10). The fourth-order valence-electron chi connectivity index (χ4n) is 0.871. The number of nitrogens with zero attached hydrogens (tertiary/aromatic N) is 2. The first-order valence-corrected chi connectivity index (χ1v) is 3.57. The van der Waals surface area contributed by atoms with E-state index >= 15 is 0 Å². The van der Waals surface area contributed by atoms with E-state index < -0.39 is 6.10 Å². The zero-order valence-corrected chi connectivity index (χ0v) is 6.41. The Kier molecular flexibility index (Phi) is 2.56. The summed E-state index contributed by atoms with van der Waals surface area (Å²) >= 11 is 0. The molecule has 11 heavy (non-hydrogen) atoms. The summed E-state index contributed by atoms with van der Waals surface area (Å²) in [4.78, 5) is 0. The predicted molar refractivity (Wildman–Crippen MR) is 39.5 cm³/mol. The molecule has 4 N–H and O–H groups in total. The fraction of sp³-hybridized carbons (Fsp3) is 0.667. The van der Waals surface area contributed by atoms with E-state index in [1.165, 1.54) is 0 Å². The maximum atomic E-state index is 9.35. The second-order valence-electron chi connectivity index (χ2n) is 2.28. The number of H-pyrrole nitrogens is 1. The third-order valence-electron chi connectivity index (χ3n) is 1.55. The Bertz CT molecular complexity index is 222. The van der Waals surface area contributed by atoms with Crippen LogP contribution in [0.3, 0.4) is 0 Å². The molecule has 1 rings (SSSR count). The number of aliphatic hydroxyl groups is 1. The Morgan fingerprint density at radius 2 is 2.36 bits per heavy atom. The first kappa shape index (κ1) is 8.16. The number of hydrogen-bond acceptors (Lipinski definition) is 4. The molecule has 1 aromatic rings. The summed E-state index contributed by atoms with van der Waals surface area (Å²) < 4.78 is 0. The first-order chi connectivity index (χ1) is 5.29. The van der Waals surface area contributed by atoms with Crippen LogP contribution in [-0.4, -0.2) is 20.5 Å². The van der Waals surface area contributed by atoms with Crippen molar-refractivity contribution in [1.29, 1.82) is 0 Å². The van der Waals surface area contributed by atoms with Crippen LogP contribution in [0.25, 0.3) is 0 Å². The van der Waals surface area contributed by atoms with E-state index in [1.807, 2.05) is 6.92 Å². The molecule has 5 nitrogen and oxygen atoms in total. The van der Waals surface area contributed by atoms with Crippen molar-refractivity contribution >= 4 is 0 Å². The van der Waals surface area contributed by atoms with Gasteiger partial charge in [-0.2, -0.15) is 15.4 Å². The van der Waals surface area contributed by atoms with Crippen LogP contribution < -0.4 is 5.73 Å². The van der Waals surface area contributed by atoms with Crippen molar-refractivity contribution < 1.29 is 5.11 Å². The lowest BCUT2D eigenvalue weighted by atomic mass is 10.1. The van der Waals surface area contributed by atoms with Gasteiger partial charge in [0.2, 0.25) is 0 Å². The van der Waals surface area contributed by atoms with Crippen molar-refractivity contribution in [3.05, 3.63) is 11.4 Å². The largest absolute Gasteiger partial charge is 0.387 e. The van der Waals surface area contributed by atoms with Gasteiger partial charge >= 0.3 is 0 Å². The average molecular weight is 156 g/mol. The average Bonchev–Trinajstić information content (AvgIpc) is 2.50. The van der Waals surface area contributed by atoms with Crippen molar-refractivity contribution in [2.24, 2.45) is 5.73 Å². The highest BCUT2D eigenvalue weighted by atomic mass is 16.3. The van der Waals surface area contributed by atoms with Gasteiger partial charge in [0, 0.05) is 6.54 Å². The molecule has 62 valence electrons. The number of aromatic amines is 1. The molecule has 0 saturated carbocycles. The molecule has 0 aliphatic rings. The molecule has 0 bridgehead atoms. The Morgan fingerprint density at radius 1 is 1.64 bits per heavy atom. The van der Waals surface area contributed by atoms with Crippen molar-refractivity contribution in [2.45, 2.75) is 26.0 Å². The molecule has 0 radical (unpaired) electrons. The zero-order chi connectivity index (χ0) is 8.27. The lowest BCUT2D eigenvalue weighted by molar-refractivity contribution is 0.167. The number of aromatic nitrogens is 3. The summed E-state index contributed by atoms with van der Waals surface area (Å²) in [6, 6.07) is 0. The fourth-order valence-corrected chi connectivity index (χ4v) is 0.871. The van der Waals surface area contributed by atoms with Gasteiger partial charge in [0.15, 0.2) is 0 Å². The number of nitrogens with one attached hydrogen (secondary N) is 1. The van der Waals surface area contributed by atoms with Crippen molar-refractivity contribution in [3.63, 3.8) is 0 Å². The number of aliphatic hydroxyl groups excluding tert-OH is 1. The molecule has 1 unspecified atom stereocenters. The minimum Gasteiger partial charge on any atom is -0.387 e. The lowest BCUT2D eigenvalue weighted by Gasteiger charge is -2.03. The quantitative estimate of drug-likeness (QED) is 0.561. The molecule has 1 atom stereocenters. The van der Waals surface area contributed by atoms with E-state index in [0.717, 1.165) is 0 Å². The van der Waals surface area contributed by atoms with Crippen LogP contribution in [0.2, 0.25) is 0 Å². The summed E-state index contributed by atoms with van der Waals surface area (Å²) in [6.45, 7) is 2.18. The number of nitrogens with two attached hydrogens (primary N) is 1. The third kappa shape index (κ3) is 1.55. The predicted octanol–water partition coefficient (Wildman–Crippen LogP) is -0.293. The summed E-state index contributed by atoms with van der Waals surface area (Å²) in [5.74, 6) is 0. The van der Waals surface area contributed by atoms with Crippen molar-refractivity contribution in [3.8, 4) is 0 Å². The van der Waals surface area contributed by atoms with E-state index in [4.69, 9.17) is 5.73 Å². The zero-order valence-electron chi connectivity index (χ0n) is 6.41. The van der Waals surface area contributed by atoms with Crippen LogP contribution >= 0.6 is 0 Å². The molecule has 0 aliphatic carbocycles. The number of rotatable bonds is 3. The highest BCUT2D eigenvalue weighted by Gasteiger charge is 2.13. The van der Waals surface area contributed by atoms with Gasteiger partial charge in [-0.3, -0.25) is 0 Å². The van der Waals surface area contributed by atoms with E-state index in [2.05, 4.69) is 15.4 Å². The summed E-state index contributed by atoms with van der Waals surface area (Å²) in [7, 11) is 0. The molecule has 1 aromatic heterocycles. The van der Waals surface area contributed by atoms with Gasteiger partial charge in [-0.05, 0) is 6.42 Å². The number of hydrogen-bond donors (Lipinski definition) is 3. The molecule has 0 saturated heterocycles. The van der Waals surface area contributed by atoms with Gasteiger partial charge in [0.1, 0.15) is 11.4 Å². The highest BCUT2D eigenvalue weighted by Crippen LogP contribution is 2.14. The summed E-state index contributed by atoms with van der Waals surface area (Å²) in [5.41, 5.74) is 6.56. The van der Waals surface area contributed by atoms with Crippen LogP contribution in [0, 0.1) is 0 Å². The van der Waals surface area contributed by atoms with Gasteiger partial charge in [0.05, 0.1) is 6.10 Å². The molecule has 1 heterocycles. The summed E-state index contributed by atoms with van der Waals surface area (Å²) in [5, 5.41) is 19.4. The van der Waals surface area contributed by atoms with Crippen LogP contribution in [0.15, 0.2) is 0 Å². The van der Waals surface area contributed by atoms with Crippen molar-refractivity contribution in [1.82, 2.24) is 15.4 Å². The van der Waals surface area contributed by atoms with E-state index in [-0.39, 0.29) is 0 Å². The van der Waals surface area contributed by atoms with Gasteiger partial charge in [-0.25, -0.2) is 0 Å². The molecular formula is C6H12N4O. The Balaban J connectivity index is 2.83. The highest BCUT2D eigenvalue weighted by molar-refractivity contribution is 5.10. The maximum Gasteiger partial charge on any atom is 0.115 e. The minimum atomic E-state index is -0.549. The monoisotopic (exact) mass is 156 g/mol. The van der Waals surface area contributed by atoms with Gasteiger partial charge in [0.25, 0.3) is 0 Å². The SMILES string of the molecule is CCC(O)c1n[nH]nc1CN.